The van der Waals surface area contributed by atoms with Crippen LogP contribution < -0.4 is 5.73 Å². The first-order valence-electron chi connectivity index (χ1n) is 4.41. The zero-order chi connectivity index (χ0) is 10.7. The second kappa shape index (κ2) is 4.46. The third-order valence-electron chi connectivity index (χ3n) is 2.00. The lowest BCUT2D eigenvalue weighted by Crippen LogP contribution is -2.19. The van der Waals surface area contributed by atoms with Crippen molar-refractivity contribution in [1.29, 1.82) is 5.41 Å². The number of carbonyl (C=O) groups excluding carboxylic acids is 1. The molecule has 0 fully saturated rings. The number of thioether (sulfide) groups is 1. The summed E-state index contributed by atoms with van der Waals surface area (Å²) < 4.78 is 0. The first-order valence-corrected chi connectivity index (χ1v) is 5.29. The Morgan fingerprint density at radius 2 is 2.43 bits per heavy atom. The van der Waals surface area contributed by atoms with E-state index in [-0.39, 0.29) is 11.0 Å². The van der Waals surface area contributed by atoms with E-state index in [4.69, 9.17) is 11.1 Å². The Morgan fingerprint density at radius 3 is 2.79 bits per heavy atom. The molecule has 0 bridgehead atoms. The van der Waals surface area contributed by atoms with Crippen LogP contribution in [-0.2, 0) is 4.79 Å². The second-order valence-corrected chi connectivity index (χ2v) is 4.76. The molecule has 1 aliphatic rings. The van der Waals surface area contributed by atoms with Crippen LogP contribution in [0, 0.1) is 5.41 Å². The van der Waals surface area contributed by atoms with E-state index >= 15 is 0 Å². The number of primary amides is 1. The lowest BCUT2D eigenvalue weighted by molar-refractivity contribution is -0.114. The molecule has 0 aliphatic carbocycles. The number of nitrogens with one attached hydrogen (secondary N) is 1. The molecule has 0 saturated carbocycles. The fourth-order valence-corrected chi connectivity index (χ4v) is 2.36. The minimum atomic E-state index is -0.511. The third-order valence-corrected chi connectivity index (χ3v) is 3.17. The van der Waals surface area contributed by atoms with Gasteiger partial charge in [-0.2, -0.15) is 0 Å². The molecule has 0 saturated heterocycles. The predicted molar refractivity (Wildman–Crippen MR) is 60.4 cm³/mol. The average Bonchev–Trinajstić information content (AvgIpc) is 2.46. The third kappa shape index (κ3) is 2.73. The monoisotopic (exact) mass is 210 g/mol. The van der Waals surface area contributed by atoms with E-state index in [0.29, 0.717) is 5.57 Å². The number of allylic oxidation sites excluding steroid dienone is 2. The van der Waals surface area contributed by atoms with Gasteiger partial charge in [0.1, 0.15) is 0 Å². The van der Waals surface area contributed by atoms with Gasteiger partial charge in [-0.15, -0.1) is 11.8 Å². The average molecular weight is 210 g/mol. The Kier molecular flexibility index (Phi) is 3.52. The van der Waals surface area contributed by atoms with Crippen LogP contribution in [0.3, 0.4) is 0 Å². The van der Waals surface area contributed by atoms with E-state index in [1.807, 2.05) is 6.92 Å². The summed E-state index contributed by atoms with van der Waals surface area (Å²) >= 11 is 1.71. The van der Waals surface area contributed by atoms with Crippen LogP contribution in [0.5, 0.6) is 0 Å². The van der Waals surface area contributed by atoms with Gasteiger partial charge < -0.3 is 11.1 Å². The van der Waals surface area contributed by atoms with Crippen molar-refractivity contribution < 1.29 is 4.79 Å². The van der Waals surface area contributed by atoms with Crippen LogP contribution in [0.25, 0.3) is 0 Å². The van der Waals surface area contributed by atoms with Crippen LogP contribution >= 0.6 is 11.8 Å². The standard InChI is InChI=1S/C10H14N2OS/c1-6-3-4-8(14-6)5-9(7(2)11)10(12)13/h3,5,8,11H,4H2,1-2H3,(H2,12,13)/b9-5+,11-7?. The normalized spacial score (nSPS) is 22.0. The zero-order valence-electron chi connectivity index (χ0n) is 8.33. The molecular weight excluding hydrogens is 196 g/mol. The van der Waals surface area contributed by atoms with Crippen LogP contribution in [0.1, 0.15) is 20.3 Å². The molecular formula is C10H14N2OS. The highest BCUT2D eigenvalue weighted by Crippen LogP contribution is 2.32. The van der Waals surface area contributed by atoms with E-state index in [1.54, 1.807) is 24.8 Å². The minimum absolute atomic E-state index is 0.239. The van der Waals surface area contributed by atoms with Gasteiger partial charge in [0.25, 0.3) is 0 Å². The maximum absolute atomic E-state index is 11.0. The fraction of sp³-hybridized carbons (Fsp3) is 0.400. The predicted octanol–water partition coefficient (Wildman–Crippen LogP) is 1.85. The molecule has 0 aromatic heterocycles. The molecule has 76 valence electrons. The van der Waals surface area contributed by atoms with E-state index < -0.39 is 5.91 Å². The van der Waals surface area contributed by atoms with Gasteiger partial charge in [0.05, 0.1) is 5.57 Å². The molecule has 0 radical (unpaired) electrons. The molecule has 14 heavy (non-hydrogen) atoms. The van der Waals surface area contributed by atoms with E-state index in [9.17, 15) is 4.79 Å². The van der Waals surface area contributed by atoms with E-state index in [1.165, 1.54) is 4.91 Å². The Morgan fingerprint density at radius 1 is 1.79 bits per heavy atom. The van der Waals surface area contributed by atoms with Gasteiger partial charge in [-0.05, 0) is 25.2 Å². The lowest BCUT2D eigenvalue weighted by atomic mass is 10.1. The molecule has 3 N–H and O–H groups in total. The zero-order valence-corrected chi connectivity index (χ0v) is 9.15. The lowest BCUT2D eigenvalue weighted by Gasteiger charge is -2.06. The fourth-order valence-electron chi connectivity index (χ4n) is 1.30. The Hall–Kier alpha value is -1.03. The van der Waals surface area contributed by atoms with Gasteiger partial charge in [-0.1, -0.05) is 12.2 Å². The molecule has 1 rings (SSSR count). The highest BCUT2D eigenvalue weighted by atomic mass is 32.2. The molecule has 0 aromatic rings. The van der Waals surface area contributed by atoms with Crippen LogP contribution in [0.15, 0.2) is 22.6 Å². The Bertz CT molecular complexity index is 315. The number of carbonyl (C=O) groups is 1. The van der Waals surface area contributed by atoms with Gasteiger partial charge in [0.15, 0.2) is 0 Å². The van der Waals surface area contributed by atoms with E-state index in [0.717, 1.165) is 6.42 Å². The number of nitrogens with two attached hydrogens (primary N) is 1. The Balaban J connectivity index is 2.75. The maximum Gasteiger partial charge on any atom is 0.250 e. The molecule has 0 spiro atoms. The number of hydrogen-bond acceptors (Lipinski definition) is 3. The first kappa shape index (κ1) is 11.0. The van der Waals surface area contributed by atoms with Gasteiger partial charge >= 0.3 is 0 Å². The molecule has 4 heteroatoms. The van der Waals surface area contributed by atoms with Crippen LogP contribution in [-0.4, -0.2) is 16.9 Å². The van der Waals surface area contributed by atoms with Gasteiger partial charge in [0, 0.05) is 11.0 Å². The highest BCUT2D eigenvalue weighted by molar-refractivity contribution is 8.04. The number of rotatable bonds is 3. The SMILES string of the molecule is CC(=N)/C(=C\C1CC=C(C)S1)C(N)=O. The molecule has 1 atom stereocenters. The first-order chi connectivity index (χ1) is 6.50. The quantitative estimate of drug-likeness (QED) is 0.551. The van der Waals surface area contributed by atoms with Crippen molar-refractivity contribution in [1.82, 2.24) is 0 Å². The topological polar surface area (TPSA) is 66.9 Å². The van der Waals surface area contributed by atoms with Crippen molar-refractivity contribution in [2.75, 3.05) is 0 Å². The molecule has 1 amide bonds. The summed E-state index contributed by atoms with van der Waals surface area (Å²) in [5.41, 5.74) is 5.75. The Labute approximate surface area is 87.9 Å². The molecule has 1 aliphatic heterocycles. The highest BCUT2D eigenvalue weighted by Gasteiger charge is 2.16. The van der Waals surface area contributed by atoms with Crippen molar-refractivity contribution in [2.24, 2.45) is 5.73 Å². The summed E-state index contributed by atoms with van der Waals surface area (Å²) in [5.74, 6) is -0.511. The van der Waals surface area contributed by atoms with Crippen molar-refractivity contribution in [3.05, 3.63) is 22.6 Å². The van der Waals surface area contributed by atoms with Crippen molar-refractivity contribution >= 4 is 23.4 Å². The van der Waals surface area contributed by atoms with Crippen molar-refractivity contribution in [2.45, 2.75) is 25.5 Å². The summed E-state index contributed by atoms with van der Waals surface area (Å²) in [6, 6.07) is 0. The van der Waals surface area contributed by atoms with Crippen LogP contribution in [0.2, 0.25) is 0 Å². The molecule has 1 heterocycles. The summed E-state index contributed by atoms with van der Waals surface area (Å²) in [6.07, 6.45) is 4.84. The number of amides is 1. The largest absolute Gasteiger partial charge is 0.366 e. The van der Waals surface area contributed by atoms with Gasteiger partial charge in [-0.3, -0.25) is 4.79 Å². The van der Waals surface area contributed by atoms with E-state index in [2.05, 4.69) is 6.08 Å². The molecule has 3 nitrogen and oxygen atoms in total. The van der Waals surface area contributed by atoms with Gasteiger partial charge in [0.2, 0.25) is 5.91 Å². The summed E-state index contributed by atoms with van der Waals surface area (Å²) in [5, 5.41) is 7.66. The smallest absolute Gasteiger partial charge is 0.250 e. The maximum atomic E-state index is 11.0. The second-order valence-electron chi connectivity index (χ2n) is 3.28. The number of hydrogen-bond donors (Lipinski definition) is 2. The van der Waals surface area contributed by atoms with Gasteiger partial charge in [-0.25, -0.2) is 0 Å². The summed E-state index contributed by atoms with van der Waals surface area (Å²) in [7, 11) is 0. The van der Waals surface area contributed by atoms with Crippen molar-refractivity contribution in [3.8, 4) is 0 Å². The van der Waals surface area contributed by atoms with Crippen molar-refractivity contribution in [3.63, 3.8) is 0 Å². The molecule has 1 unspecified atom stereocenters. The summed E-state index contributed by atoms with van der Waals surface area (Å²) in [6.45, 7) is 3.62. The molecule has 0 aromatic carbocycles. The summed E-state index contributed by atoms with van der Waals surface area (Å²) in [4.78, 5) is 12.3. The van der Waals surface area contributed by atoms with Crippen LogP contribution in [0.4, 0.5) is 0 Å². The minimum Gasteiger partial charge on any atom is -0.366 e.